The molecule has 0 aliphatic heterocycles. The SMILES string of the molecule is CC(C)NS(=O)(=O)Cc1ccc(CNC(=O)CCCC(=O)c2cccs2)cc1. The molecule has 28 heavy (non-hydrogen) atoms. The minimum absolute atomic E-state index is 0.0697. The van der Waals surface area contributed by atoms with E-state index in [1.165, 1.54) is 11.3 Å². The zero-order valence-electron chi connectivity index (χ0n) is 16.1. The first-order valence-electron chi connectivity index (χ1n) is 9.16. The highest BCUT2D eigenvalue weighted by molar-refractivity contribution is 7.88. The van der Waals surface area contributed by atoms with Crippen molar-refractivity contribution >= 4 is 33.1 Å². The topological polar surface area (TPSA) is 92.3 Å². The second kappa shape index (κ2) is 10.5. The van der Waals surface area contributed by atoms with E-state index >= 15 is 0 Å². The molecule has 1 heterocycles. The van der Waals surface area contributed by atoms with Crippen LogP contribution < -0.4 is 10.0 Å². The molecular formula is C20H26N2O4S2. The minimum atomic E-state index is -3.35. The third-order valence-corrected chi connectivity index (χ3v) is 6.34. The van der Waals surface area contributed by atoms with Gasteiger partial charge in [0.05, 0.1) is 10.6 Å². The van der Waals surface area contributed by atoms with E-state index < -0.39 is 10.0 Å². The molecule has 0 saturated heterocycles. The number of Topliss-reactive ketones (excluding diaryl/α,β-unsaturated/α-hetero) is 1. The summed E-state index contributed by atoms with van der Waals surface area (Å²) in [6.07, 6.45) is 1.18. The van der Waals surface area contributed by atoms with Crippen LogP contribution in [-0.2, 0) is 27.1 Å². The molecule has 8 heteroatoms. The molecule has 2 aromatic rings. The van der Waals surface area contributed by atoms with E-state index in [0.717, 1.165) is 10.4 Å². The second-order valence-corrected chi connectivity index (χ2v) is 9.58. The van der Waals surface area contributed by atoms with E-state index in [4.69, 9.17) is 0 Å². The number of ketones is 1. The van der Waals surface area contributed by atoms with Crippen molar-refractivity contribution in [1.82, 2.24) is 10.0 Å². The highest BCUT2D eigenvalue weighted by Gasteiger charge is 2.13. The third-order valence-electron chi connectivity index (χ3n) is 3.89. The maximum absolute atomic E-state index is 11.9. The molecule has 0 fully saturated rings. The summed E-state index contributed by atoms with van der Waals surface area (Å²) < 4.78 is 26.4. The summed E-state index contributed by atoms with van der Waals surface area (Å²) in [5.41, 5.74) is 1.58. The molecular weight excluding hydrogens is 396 g/mol. The van der Waals surface area contributed by atoms with E-state index in [0.29, 0.717) is 31.4 Å². The molecule has 0 saturated carbocycles. The van der Waals surface area contributed by atoms with Gasteiger partial charge in [0.15, 0.2) is 5.78 Å². The smallest absolute Gasteiger partial charge is 0.220 e. The van der Waals surface area contributed by atoms with Crippen LogP contribution >= 0.6 is 11.3 Å². The standard InChI is InChI=1S/C20H26N2O4S2/c1-15(2)22-28(25,26)14-17-10-8-16(9-11-17)13-21-20(24)7-3-5-18(23)19-6-4-12-27-19/h4,6,8-12,15,22H,3,5,7,13-14H2,1-2H3,(H,21,24). The van der Waals surface area contributed by atoms with Crippen molar-refractivity contribution in [3.63, 3.8) is 0 Å². The molecule has 0 bridgehead atoms. The Morgan fingerprint density at radius 1 is 1.04 bits per heavy atom. The third kappa shape index (κ3) is 7.92. The van der Waals surface area contributed by atoms with E-state index in [2.05, 4.69) is 10.0 Å². The van der Waals surface area contributed by atoms with E-state index in [1.54, 1.807) is 44.2 Å². The molecule has 2 N–H and O–H groups in total. The molecule has 1 amide bonds. The molecule has 1 aromatic heterocycles. The number of hydrogen-bond acceptors (Lipinski definition) is 5. The molecule has 6 nitrogen and oxygen atoms in total. The number of nitrogens with one attached hydrogen (secondary N) is 2. The van der Waals surface area contributed by atoms with Gasteiger partial charge in [0, 0.05) is 25.4 Å². The largest absolute Gasteiger partial charge is 0.352 e. The van der Waals surface area contributed by atoms with Gasteiger partial charge in [0.1, 0.15) is 0 Å². The molecule has 0 spiro atoms. The Bertz CT molecular complexity index is 873. The van der Waals surface area contributed by atoms with Gasteiger partial charge in [-0.25, -0.2) is 13.1 Å². The maximum Gasteiger partial charge on any atom is 0.220 e. The van der Waals surface area contributed by atoms with Crippen molar-refractivity contribution in [2.75, 3.05) is 0 Å². The Morgan fingerprint density at radius 3 is 2.32 bits per heavy atom. The Morgan fingerprint density at radius 2 is 1.71 bits per heavy atom. The van der Waals surface area contributed by atoms with Crippen molar-refractivity contribution < 1.29 is 18.0 Å². The number of rotatable bonds is 11. The second-order valence-electron chi connectivity index (χ2n) is 6.88. The molecule has 0 atom stereocenters. The number of amides is 1. The molecule has 0 aliphatic rings. The highest BCUT2D eigenvalue weighted by Crippen LogP contribution is 2.13. The van der Waals surface area contributed by atoms with Crippen LogP contribution in [0, 0.1) is 0 Å². The number of thiophene rings is 1. The lowest BCUT2D eigenvalue weighted by Gasteiger charge is -2.10. The van der Waals surface area contributed by atoms with Gasteiger partial charge in [-0.15, -0.1) is 11.3 Å². The van der Waals surface area contributed by atoms with Gasteiger partial charge < -0.3 is 5.32 Å². The average molecular weight is 423 g/mol. The van der Waals surface area contributed by atoms with Crippen molar-refractivity contribution in [3.05, 3.63) is 57.8 Å². The predicted molar refractivity (Wildman–Crippen MR) is 112 cm³/mol. The van der Waals surface area contributed by atoms with Crippen molar-refractivity contribution in [2.24, 2.45) is 0 Å². The molecule has 2 rings (SSSR count). The molecule has 152 valence electrons. The van der Waals surface area contributed by atoms with Crippen LogP contribution in [0.1, 0.15) is 53.9 Å². The number of benzene rings is 1. The zero-order chi connectivity index (χ0) is 20.6. The summed E-state index contributed by atoms with van der Waals surface area (Å²) in [6.45, 7) is 3.93. The summed E-state index contributed by atoms with van der Waals surface area (Å²) in [6, 6.07) is 10.6. The van der Waals surface area contributed by atoms with E-state index in [-0.39, 0.29) is 23.5 Å². The summed E-state index contributed by atoms with van der Waals surface area (Å²) in [5.74, 6) is -0.108. The quantitative estimate of drug-likeness (QED) is 0.544. The van der Waals surface area contributed by atoms with E-state index in [1.807, 2.05) is 11.4 Å². The Balaban J connectivity index is 1.72. The monoisotopic (exact) mass is 422 g/mol. The van der Waals surface area contributed by atoms with Gasteiger partial charge in [0.25, 0.3) is 0 Å². The van der Waals surface area contributed by atoms with Crippen LogP contribution in [0.5, 0.6) is 0 Å². The van der Waals surface area contributed by atoms with Gasteiger partial charge in [-0.2, -0.15) is 0 Å². The lowest BCUT2D eigenvalue weighted by atomic mass is 10.1. The van der Waals surface area contributed by atoms with E-state index in [9.17, 15) is 18.0 Å². The fourth-order valence-electron chi connectivity index (χ4n) is 2.63. The van der Waals surface area contributed by atoms with Crippen molar-refractivity contribution in [2.45, 2.75) is 51.4 Å². The van der Waals surface area contributed by atoms with Crippen molar-refractivity contribution in [1.29, 1.82) is 0 Å². The first-order chi connectivity index (χ1) is 13.2. The predicted octanol–water partition coefficient (Wildman–Crippen LogP) is 3.25. The first-order valence-corrected chi connectivity index (χ1v) is 11.7. The van der Waals surface area contributed by atoms with Gasteiger partial charge in [0.2, 0.25) is 15.9 Å². The molecule has 1 aromatic carbocycles. The van der Waals surface area contributed by atoms with Crippen LogP contribution in [0.25, 0.3) is 0 Å². The molecule has 0 radical (unpaired) electrons. The van der Waals surface area contributed by atoms with Gasteiger partial charge >= 0.3 is 0 Å². The highest BCUT2D eigenvalue weighted by atomic mass is 32.2. The van der Waals surface area contributed by atoms with Gasteiger partial charge in [-0.05, 0) is 42.8 Å². The van der Waals surface area contributed by atoms with Crippen LogP contribution in [0.2, 0.25) is 0 Å². The Labute approximate surface area is 170 Å². The Kier molecular flexibility index (Phi) is 8.35. The molecule has 0 aliphatic carbocycles. The Hall–Kier alpha value is -2.03. The maximum atomic E-state index is 11.9. The molecule has 0 unspecified atom stereocenters. The number of carbonyl (C=O) groups excluding carboxylic acids is 2. The van der Waals surface area contributed by atoms with Crippen LogP contribution in [0.3, 0.4) is 0 Å². The van der Waals surface area contributed by atoms with Crippen LogP contribution in [-0.4, -0.2) is 26.2 Å². The van der Waals surface area contributed by atoms with Crippen molar-refractivity contribution in [3.8, 4) is 0 Å². The lowest BCUT2D eigenvalue weighted by Crippen LogP contribution is -2.31. The fourth-order valence-corrected chi connectivity index (χ4v) is 4.76. The first kappa shape index (κ1) is 22.3. The summed E-state index contributed by atoms with van der Waals surface area (Å²) in [4.78, 5) is 24.6. The van der Waals surface area contributed by atoms with Gasteiger partial charge in [-0.1, -0.05) is 30.3 Å². The zero-order valence-corrected chi connectivity index (χ0v) is 17.7. The number of hydrogen-bond donors (Lipinski definition) is 2. The number of sulfonamides is 1. The summed E-state index contributed by atoms with van der Waals surface area (Å²) >= 11 is 1.41. The summed E-state index contributed by atoms with van der Waals surface area (Å²) in [5, 5.41) is 4.69. The average Bonchev–Trinajstić information content (AvgIpc) is 3.14. The lowest BCUT2D eigenvalue weighted by molar-refractivity contribution is -0.121. The minimum Gasteiger partial charge on any atom is -0.352 e. The van der Waals surface area contributed by atoms with Crippen LogP contribution in [0.4, 0.5) is 0 Å². The van der Waals surface area contributed by atoms with Gasteiger partial charge in [-0.3, -0.25) is 9.59 Å². The fraction of sp³-hybridized carbons (Fsp3) is 0.400. The van der Waals surface area contributed by atoms with Crippen LogP contribution in [0.15, 0.2) is 41.8 Å². The summed E-state index contributed by atoms with van der Waals surface area (Å²) in [7, 11) is -3.35. The number of carbonyl (C=O) groups is 2. The normalized spacial score (nSPS) is 11.5.